The molecule has 3 heterocycles. The predicted octanol–water partition coefficient (Wildman–Crippen LogP) is 4.44. The smallest absolute Gasteiger partial charge is 0.328 e. The number of nitrogens with one attached hydrogen (secondary N) is 1. The molecule has 2 aliphatic rings. The number of hydrogen-bond acceptors (Lipinski definition) is 3. The molecule has 1 saturated heterocycles. The Morgan fingerprint density at radius 3 is 2.62 bits per heavy atom. The zero-order chi connectivity index (χ0) is 22.6. The van der Waals surface area contributed by atoms with Gasteiger partial charge in [0.05, 0.1) is 0 Å². The number of nitrogens with zero attached hydrogens (tertiary/aromatic N) is 3. The third-order valence-electron chi connectivity index (χ3n) is 6.73. The Labute approximate surface area is 192 Å². The van der Waals surface area contributed by atoms with Crippen LogP contribution in [-0.4, -0.2) is 64.3 Å². The van der Waals surface area contributed by atoms with Crippen molar-refractivity contribution in [3.05, 3.63) is 70.4 Å². The summed E-state index contributed by atoms with van der Waals surface area (Å²) in [6, 6.07) is 15.1. The quantitative estimate of drug-likeness (QED) is 0.584. The van der Waals surface area contributed by atoms with Crippen molar-refractivity contribution in [2.75, 3.05) is 27.2 Å². The van der Waals surface area contributed by atoms with Crippen LogP contribution in [0.1, 0.15) is 36.2 Å². The molecule has 2 atom stereocenters. The summed E-state index contributed by atoms with van der Waals surface area (Å²) < 4.78 is 0. The molecule has 1 fully saturated rings. The number of fused-ring (bicyclic) bond motifs is 4. The van der Waals surface area contributed by atoms with Crippen molar-refractivity contribution in [1.29, 1.82) is 0 Å². The maximum Gasteiger partial charge on any atom is 0.328 e. The Bertz CT molecular complexity index is 1210. The largest absolute Gasteiger partial charge is 0.356 e. The highest BCUT2D eigenvalue weighted by Gasteiger charge is 2.59. The standard InChI is InChI=1S/C25H27ClN4O2/c1-25-15-19-18-14-17(26)10-11-20(18)27-21(19)22(16-8-5-4-6-9-16)30(25)24(32)29(23(25)31)13-7-12-28(2)3/h4-6,8-11,14,22,27H,7,12-13,15H2,1-3H3. The van der Waals surface area contributed by atoms with E-state index >= 15 is 0 Å². The molecular weight excluding hydrogens is 424 g/mol. The first-order chi connectivity index (χ1) is 15.3. The van der Waals surface area contributed by atoms with Crippen molar-refractivity contribution >= 4 is 34.4 Å². The van der Waals surface area contributed by atoms with Crippen LogP contribution in [0.2, 0.25) is 5.02 Å². The van der Waals surface area contributed by atoms with Gasteiger partial charge in [-0.1, -0.05) is 41.9 Å². The number of carbonyl (C=O) groups excluding carboxylic acids is 2. The van der Waals surface area contributed by atoms with Crippen LogP contribution in [0.4, 0.5) is 4.79 Å². The molecule has 6 nitrogen and oxygen atoms in total. The molecule has 1 N–H and O–H groups in total. The Morgan fingerprint density at radius 2 is 1.91 bits per heavy atom. The third-order valence-corrected chi connectivity index (χ3v) is 6.97. The van der Waals surface area contributed by atoms with Crippen LogP contribution in [0.3, 0.4) is 0 Å². The van der Waals surface area contributed by atoms with Gasteiger partial charge in [-0.3, -0.25) is 14.6 Å². The van der Waals surface area contributed by atoms with Crippen molar-refractivity contribution in [3.8, 4) is 0 Å². The lowest BCUT2D eigenvalue weighted by molar-refractivity contribution is -0.133. The SMILES string of the molecule is CN(C)CCCN1C(=O)N2C(c3ccccc3)c3[nH]c4ccc(Cl)cc4c3CC2(C)C1=O. The summed E-state index contributed by atoms with van der Waals surface area (Å²) >= 11 is 6.32. The number of halogens is 1. The van der Waals surface area contributed by atoms with E-state index in [0.717, 1.165) is 40.7 Å². The highest BCUT2D eigenvalue weighted by Crippen LogP contribution is 2.48. The normalized spacial score (nSPS) is 22.7. The maximum absolute atomic E-state index is 13.7. The van der Waals surface area contributed by atoms with Gasteiger partial charge >= 0.3 is 6.03 Å². The molecule has 0 radical (unpaired) electrons. The van der Waals surface area contributed by atoms with Gasteiger partial charge in [-0.05, 0) is 63.3 Å². The van der Waals surface area contributed by atoms with Crippen molar-refractivity contribution in [2.45, 2.75) is 31.3 Å². The molecule has 2 aromatic carbocycles. The maximum atomic E-state index is 13.7. The average Bonchev–Trinajstić information content (AvgIpc) is 3.20. The topological polar surface area (TPSA) is 59.6 Å². The molecule has 3 amide bonds. The fourth-order valence-electron chi connectivity index (χ4n) is 5.21. The van der Waals surface area contributed by atoms with E-state index in [1.807, 2.05) is 69.6 Å². The first kappa shape index (κ1) is 21.0. The molecule has 0 saturated carbocycles. The summed E-state index contributed by atoms with van der Waals surface area (Å²) in [5, 5.41) is 1.67. The number of carbonyl (C=O) groups is 2. The van der Waals surface area contributed by atoms with Gasteiger partial charge in [0.1, 0.15) is 11.6 Å². The third kappa shape index (κ3) is 3.12. The Balaban J connectivity index is 1.65. The van der Waals surface area contributed by atoms with E-state index < -0.39 is 5.54 Å². The fourth-order valence-corrected chi connectivity index (χ4v) is 5.38. The lowest BCUT2D eigenvalue weighted by atomic mass is 9.81. The average molecular weight is 451 g/mol. The predicted molar refractivity (Wildman–Crippen MR) is 126 cm³/mol. The van der Waals surface area contributed by atoms with Gasteiger partial charge in [-0.25, -0.2) is 4.79 Å². The van der Waals surface area contributed by atoms with Gasteiger partial charge in [-0.2, -0.15) is 0 Å². The molecule has 32 heavy (non-hydrogen) atoms. The number of urea groups is 1. The minimum atomic E-state index is -0.944. The van der Waals surface area contributed by atoms with Crippen LogP contribution >= 0.6 is 11.6 Å². The van der Waals surface area contributed by atoms with E-state index in [-0.39, 0.29) is 18.0 Å². The lowest BCUT2D eigenvalue weighted by Gasteiger charge is -2.42. The Morgan fingerprint density at radius 1 is 1.16 bits per heavy atom. The number of hydrogen-bond donors (Lipinski definition) is 1. The van der Waals surface area contributed by atoms with Crippen molar-refractivity contribution < 1.29 is 9.59 Å². The molecule has 166 valence electrons. The van der Waals surface area contributed by atoms with Crippen molar-refractivity contribution in [3.63, 3.8) is 0 Å². The molecule has 0 aliphatic carbocycles. The van der Waals surface area contributed by atoms with Gasteiger partial charge in [0.15, 0.2) is 0 Å². The van der Waals surface area contributed by atoms with Crippen molar-refractivity contribution in [1.82, 2.24) is 19.7 Å². The first-order valence-electron chi connectivity index (χ1n) is 11.0. The van der Waals surface area contributed by atoms with Gasteiger partial charge in [-0.15, -0.1) is 0 Å². The summed E-state index contributed by atoms with van der Waals surface area (Å²) in [5.74, 6) is -0.121. The zero-order valence-corrected chi connectivity index (χ0v) is 19.3. The second-order valence-electron chi connectivity index (χ2n) is 9.24. The van der Waals surface area contributed by atoms with Crippen LogP contribution < -0.4 is 0 Å². The van der Waals surface area contributed by atoms with Gasteiger partial charge in [0.2, 0.25) is 0 Å². The van der Waals surface area contributed by atoms with Crippen molar-refractivity contribution in [2.24, 2.45) is 0 Å². The van der Waals surface area contributed by atoms with Crippen LogP contribution in [0.25, 0.3) is 10.9 Å². The first-order valence-corrected chi connectivity index (χ1v) is 11.3. The molecule has 1 aromatic heterocycles. The number of H-pyrrole nitrogens is 1. The molecule has 7 heteroatoms. The van der Waals surface area contributed by atoms with Gasteiger partial charge in [0, 0.05) is 34.6 Å². The minimum absolute atomic E-state index is 0.121. The van der Waals surface area contributed by atoms with E-state index in [4.69, 9.17) is 11.6 Å². The summed E-state index contributed by atoms with van der Waals surface area (Å²) in [7, 11) is 3.98. The molecular formula is C25H27ClN4O2. The zero-order valence-electron chi connectivity index (χ0n) is 18.6. The summed E-state index contributed by atoms with van der Waals surface area (Å²) in [6.45, 7) is 3.14. The highest BCUT2D eigenvalue weighted by molar-refractivity contribution is 6.31. The summed E-state index contributed by atoms with van der Waals surface area (Å²) in [6.07, 6.45) is 1.20. The number of benzene rings is 2. The Kier molecular flexibility index (Phi) is 5.02. The number of rotatable bonds is 5. The van der Waals surface area contributed by atoms with Crippen LogP contribution in [0, 0.1) is 0 Å². The van der Waals surface area contributed by atoms with E-state index in [1.165, 1.54) is 4.90 Å². The monoisotopic (exact) mass is 450 g/mol. The Hall–Kier alpha value is -2.83. The molecule has 3 aromatic rings. The molecule has 0 bridgehead atoms. The van der Waals surface area contributed by atoms with Crippen LogP contribution in [0.5, 0.6) is 0 Å². The molecule has 2 aliphatic heterocycles. The number of aromatic amines is 1. The van der Waals surface area contributed by atoms with E-state index in [2.05, 4.69) is 9.88 Å². The molecule has 0 spiro atoms. The second-order valence-corrected chi connectivity index (χ2v) is 9.67. The lowest BCUT2D eigenvalue weighted by Crippen LogP contribution is -2.53. The van der Waals surface area contributed by atoms with E-state index in [1.54, 1.807) is 4.90 Å². The molecule has 2 unspecified atom stereocenters. The second kappa shape index (κ2) is 7.64. The highest BCUT2D eigenvalue weighted by atomic mass is 35.5. The van der Waals surface area contributed by atoms with Crippen LogP contribution in [0.15, 0.2) is 48.5 Å². The summed E-state index contributed by atoms with van der Waals surface area (Å²) in [5.41, 5.74) is 3.02. The van der Waals surface area contributed by atoms with Crippen LogP contribution in [-0.2, 0) is 11.2 Å². The minimum Gasteiger partial charge on any atom is -0.356 e. The number of aromatic nitrogens is 1. The van der Waals surface area contributed by atoms with Gasteiger partial charge < -0.3 is 9.88 Å². The van der Waals surface area contributed by atoms with Gasteiger partial charge in [0.25, 0.3) is 5.91 Å². The van der Waals surface area contributed by atoms with E-state index in [9.17, 15) is 9.59 Å². The van der Waals surface area contributed by atoms with E-state index in [0.29, 0.717) is 18.0 Å². The fraction of sp³-hybridized carbons (Fsp3) is 0.360. The number of amides is 3. The summed E-state index contributed by atoms with van der Waals surface area (Å²) in [4.78, 5) is 36.2. The number of imide groups is 1. The molecule has 5 rings (SSSR count).